The van der Waals surface area contributed by atoms with Crippen LogP contribution in [-0.4, -0.2) is 15.0 Å². The predicted molar refractivity (Wildman–Crippen MR) is 118 cm³/mol. The Morgan fingerprint density at radius 2 is 1.17 bits per heavy atom. The molecule has 0 aliphatic heterocycles. The quantitative estimate of drug-likeness (QED) is 0.465. The van der Waals surface area contributed by atoms with E-state index in [9.17, 15) is 0 Å². The molecule has 1 aromatic heterocycles. The van der Waals surface area contributed by atoms with Gasteiger partial charge in [-0.25, -0.2) is 15.0 Å². The van der Waals surface area contributed by atoms with E-state index in [4.69, 9.17) is 15.0 Å². The van der Waals surface area contributed by atoms with Crippen molar-refractivity contribution in [3.8, 4) is 22.8 Å². The van der Waals surface area contributed by atoms with Gasteiger partial charge >= 0.3 is 0 Å². The maximum Gasteiger partial charge on any atom is 0.163 e. The van der Waals surface area contributed by atoms with E-state index in [1.165, 1.54) is 38.5 Å². The van der Waals surface area contributed by atoms with Gasteiger partial charge in [0.15, 0.2) is 11.6 Å². The van der Waals surface area contributed by atoms with Gasteiger partial charge in [-0.05, 0) is 68.4 Å². The standard InChI is InChI=1S/C25H24BrN3/c26-21-8-6-20(7-9-21)23-27-22(19-4-2-1-3-5-19)28-24(29-23)25-13-16-10-17(14-25)12-18(11-16)15-25/h1-9,16-18H,10-15H2. The Labute approximate surface area is 180 Å². The molecule has 0 unspecified atom stereocenters. The second-order valence-electron chi connectivity index (χ2n) is 9.38. The van der Waals surface area contributed by atoms with Gasteiger partial charge in [0.2, 0.25) is 0 Å². The van der Waals surface area contributed by atoms with Crippen molar-refractivity contribution in [3.05, 3.63) is 64.9 Å². The van der Waals surface area contributed by atoms with Crippen molar-refractivity contribution in [3.63, 3.8) is 0 Å². The van der Waals surface area contributed by atoms with Crippen molar-refractivity contribution in [1.82, 2.24) is 15.0 Å². The maximum atomic E-state index is 5.11. The summed E-state index contributed by atoms with van der Waals surface area (Å²) in [6, 6.07) is 18.7. The summed E-state index contributed by atoms with van der Waals surface area (Å²) in [6.07, 6.45) is 8.06. The highest BCUT2D eigenvalue weighted by Crippen LogP contribution is 2.60. The van der Waals surface area contributed by atoms with Gasteiger partial charge in [0.05, 0.1) is 0 Å². The molecule has 0 amide bonds. The smallest absolute Gasteiger partial charge is 0.163 e. The van der Waals surface area contributed by atoms with Gasteiger partial charge in [0.1, 0.15) is 5.82 Å². The molecule has 4 fully saturated rings. The fourth-order valence-corrected chi connectivity index (χ4v) is 6.71. The highest BCUT2D eigenvalue weighted by molar-refractivity contribution is 9.10. The largest absolute Gasteiger partial charge is 0.212 e. The van der Waals surface area contributed by atoms with E-state index in [1.54, 1.807) is 0 Å². The van der Waals surface area contributed by atoms with Gasteiger partial charge in [-0.15, -0.1) is 0 Å². The zero-order chi connectivity index (χ0) is 19.4. The van der Waals surface area contributed by atoms with Crippen LogP contribution in [0, 0.1) is 17.8 Å². The van der Waals surface area contributed by atoms with E-state index in [0.717, 1.165) is 50.8 Å². The number of hydrogen-bond donors (Lipinski definition) is 0. The summed E-state index contributed by atoms with van der Waals surface area (Å²) in [5.41, 5.74) is 2.28. The minimum Gasteiger partial charge on any atom is -0.212 e. The molecule has 0 radical (unpaired) electrons. The Bertz CT molecular complexity index is 1010. The average Bonchev–Trinajstić information content (AvgIpc) is 2.74. The van der Waals surface area contributed by atoms with Gasteiger partial charge in [0, 0.05) is 21.0 Å². The molecule has 4 bridgehead atoms. The second kappa shape index (κ2) is 6.73. The zero-order valence-corrected chi connectivity index (χ0v) is 18.0. The molecule has 0 spiro atoms. The number of benzene rings is 2. The molecule has 4 aliphatic rings. The molecule has 29 heavy (non-hydrogen) atoms. The molecule has 0 atom stereocenters. The summed E-state index contributed by atoms with van der Waals surface area (Å²) in [7, 11) is 0. The fourth-order valence-electron chi connectivity index (χ4n) is 6.44. The van der Waals surface area contributed by atoms with Crippen LogP contribution in [0.1, 0.15) is 44.3 Å². The Balaban J connectivity index is 1.51. The van der Waals surface area contributed by atoms with Crippen LogP contribution in [0.4, 0.5) is 0 Å². The molecule has 4 aliphatic carbocycles. The molecule has 4 saturated carbocycles. The maximum absolute atomic E-state index is 5.11. The van der Waals surface area contributed by atoms with Crippen molar-refractivity contribution in [2.24, 2.45) is 17.8 Å². The summed E-state index contributed by atoms with van der Waals surface area (Å²) >= 11 is 3.54. The fraction of sp³-hybridized carbons (Fsp3) is 0.400. The van der Waals surface area contributed by atoms with Crippen molar-refractivity contribution < 1.29 is 0 Å². The molecule has 2 aromatic carbocycles. The third kappa shape index (κ3) is 3.13. The number of halogens is 1. The normalized spacial score (nSPS) is 29.9. The first kappa shape index (κ1) is 17.8. The minimum absolute atomic E-state index is 0.158. The van der Waals surface area contributed by atoms with E-state index < -0.39 is 0 Å². The lowest BCUT2D eigenvalue weighted by atomic mass is 9.49. The van der Waals surface area contributed by atoms with Gasteiger partial charge in [-0.2, -0.15) is 0 Å². The number of nitrogens with zero attached hydrogens (tertiary/aromatic N) is 3. The molecule has 1 heterocycles. The highest BCUT2D eigenvalue weighted by Gasteiger charge is 2.53. The van der Waals surface area contributed by atoms with E-state index in [2.05, 4.69) is 64.5 Å². The average molecular weight is 446 g/mol. The van der Waals surface area contributed by atoms with Crippen LogP contribution >= 0.6 is 15.9 Å². The SMILES string of the molecule is Brc1ccc(-c2nc(-c3ccccc3)nc(C34CC5CC(CC(C5)C3)C4)n2)cc1. The van der Waals surface area contributed by atoms with Gasteiger partial charge < -0.3 is 0 Å². The molecule has 146 valence electrons. The van der Waals surface area contributed by atoms with Gasteiger partial charge in [-0.3, -0.25) is 0 Å². The van der Waals surface area contributed by atoms with E-state index in [-0.39, 0.29) is 5.41 Å². The Kier molecular flexibility index (Phi) is 4.12. The highest BCUT2D eigenvalue weighted by atomic mass is 79.9. The molecule has 4 heteroatoms. The number of hydrogen-bond acceptors (Lipinski definition) is 3. The summed E-state index contributed by atoms with van der Waals surface area (Å²) in [5.74, 6) is 5.27. The van der Waals surface area contributed by atoms with Crippen LogP contribution in [0.2, 0.25) is 0 Å². The molecule has 7 rings (SSSR count). The van der Waals surface area contributed by atoms with Gasteiger partial charge in [-0.1, -0.05) is 58.4 Å². The summed E-state index contributed by atoms with van der Waals surface area (Å²) in [6.45, 7) is 0. The third-order valence-electron chi connectivity index (χ3n) is 7.28. The molecule has 0 saturated heterocycles. The van der Waals surface area contributed by atoms with Gasteiger partial charge in [0.25, 0.3) is 0 Å². The Morgan fingerprint density at radius 1 is 0.655 bits per heavy atom. The van der Waals surface area contributed by atoms with Crippen LogP contribution in [0.3, 0.4) is 0 Å². The van der Waals surface area contributed by atoms with Crippen LogP contribution < -0.4 is 0 Å². The second-order valence-corrected chi connectivity index (χ2v) is 10.3. The third-order valence-corrected chi connectivity index (χ3v) is 7.81. The van der Waals surface area contributed by atoms with Crippen LogP contribution in [0.5, 0.6) is 0 Å². The first-order chi connectivity index (χ1) is 14.2. The lowest BCUT2D eigenvalue weighted by molar-refractivity contribution is -0.00938. The summed E-state index contributed by atoms with van der Waals surface area (Å²) < 4.78 is 1.07. The molecule has 3 aromatic rings. The van der Waals surface area contributed by atoms with Crippen molar-refractivity contribution in [2.75, 3.05) is 0 Å². The predicted octanol–water partition coefficient (Wildman–Crippen LogP) is 6.44. The Hall–Kier alpha value is -2.07. The molecule has 0 N–H and O–H groups in total. The van der Waals surface area contributed by atoms with Crippen molar-refractivity contribution >= 4 is 15.9 Å². The first-order valence-electron chi connectivity index (χ1n) is 10.7. The molecule has 3 nitrogen and oxygen atoms in total. The number of rotatable bonds is 3. The van der Waals surface area contributed by atoms with Crippen molar-refractivity contribution in [1.29, 1.82) is 0 Å². The molecular formula is C25H24BrN3. The summed E-state index contributed by atoms with van der Waals surface area (Å²) in [5, 5.41) is 0. The van der Waals surface area contributed by atoms with E-state index >= 15 is 0 Å². The Morgan fingerprint density at radius 3 is 1.72 bits per heavy atom. The lowest BCUT2D eigenvalue weighted by Gasteiger charge is -2.56. The van der Waals surface area contributed by atoms with E-state index in [0.29, 0.717) is 0 Å². The minimum atomic E-state index is 0.158. The first-order valence-corrected chi connectivity index (χ1v) is 11.5. The van der Waals surface area contributed by atoms with Crippen LogP contribution in [0.25, 0.3) is 22.8 Å². The van der Waals surface area contributed by atoms with E-state index in [1.807, 2.05) is 6.07 Å². The van der Waals surface area contributed by atoms with Crippen LogP contribution in [-0.2, 0) is 5.41 Å². The number of aromatic nitrogens is 3. The summed E-state index contributed by atoms with van der Waals surface area (Å²) in [4.78, 5) is 15.1. The van der Waals surface area contributed by atoms with Crippen LogP contribution in [0.15, 0.2) is 59.1 Å². The lowest BCUT2D eigenvalue weighted by Crippen LogP contribution is -2.49. The monoisotopic (exact) mass is 445 g/mol. The zero-order valence-electron chi connectivity index (χ0n) is 16.4. The molecular weight excluding hydrogens is 422 g/mol. The topological polar surface area (TPSA) is 38.7 Å². The van der Waals surface area contributed by atoms with Crippen molar-refractivity contribution in [2.45, 2.75) is 43.9 Å².